The average molecular weight is 759 g/mol. The minimum absolute atomic E-state index is 0.454. The lowest BCUT2D eigenvalue weighted by Gasteiger charge is -2.29. The molecule has 0 saturated heterocycles. The van der Waals surface area contributed by atoms with Crippen LogP contribution >= 0.6 is 0 Å². The van der Waals surface area contributed by atoms with Crippen LogP contribution in [0.4, 0.5) is 0 Å². The largest absolute Gasteiger partial charge is 0.480 e. The second-order valence-corrected chi connectivity index (χ2v) is 15.2. The van der Waals surface area contributed by atoms with E-state index in [0.29, 0.717) is 0 Å². The van der Waals surface area contributed by atoms with Crippen LogP contribution in [0.15, 0.2) is 0 Å². The summed E-state index contributed by atoms with van der Waals surface area (Å²) >= 11 is 0. The molecule has 0 aromatic rings. The number of carboxylic acids is 1. The van der Waals surface area contributed by atoms with Gasteiger partial charge in [0.05, 0.1) is 0 Å². The fraction of sp³-hybridized carbons (Fsp3) is 0.778. The van der Waals surface area contributed by atoms with E-state index >= 15 is 0 Å². The lowest BCUT2D eigenvalue weighted by atomic mass is 10.0. The molecule has 0 fully saturated rings. The van der Waals surface area contributed by atoms with Crippen LogP contribution in [0.3, 0.4) is 0 Å². The van der Waals surface area contributed by atoms with E-state index in [1.165, 1.54) is 13.8 Å². The van der Waals surface area contributed by atoms with E-state index in [9.17, 15) is 48.6 Å². The first-order valence-electron chi connectivity index (χ1n) is 18.0. The molecule has 0 heterocycles. The maximum absolute atomic E-state index is 13.4. The van der Waals surface area contributed by atoms with E-state index in [2.05, 4.69) is 21.3 Å². The monoisotopic (exact) mass is 758 g/mol. The number of esters is 3. The van der Waals surface area contributed by atoms with E-state index < -0.39 is 132 Å². The molecular formula is C36H62N4O13. The van der Waals surface area contributed by atoms with Crippen molar-refractivity contribution in [3.05, 3.63) is 0 Å². The Bertz CT molecular complexity index is 1300. The van der Waals surface area contributed by atoms with Gasteiger partial charge in [-0.3, -0.25) is 19.2 Å². The van der Waals surface area contributed by atoms with Crippen molar-refractivity contribution in [1.29, 1.82) is 0 Å². The van der Waals surface area contributed by atoms with Gasteiger partial charge in [-0.2, -0.15) is 0 Å². The van der Waals surface area contributed by atoms with Gasteiger partial charge in [0.15, 0.2) is 18.3 Å². The molecule has 0 rings (SSSR count). The van der Waals surface area contributed by atoms with Crippen molar-refractivity contribution < 1.29 is 62.8 Å². The third-order valence-electron chi connectivity index (χ3n) is 8.14. The number of amides is 4. The van der Waals surface area contributed by atoms with E-state index in [0.717, 1.165) is 0 Å². The number of carbonyl (C=O) groups excluding carboxylic acids is 7. The molecule has 53 heavy (non-hydrogen) atoms. The van der Waals surface area contributed by atoms with E-state index in [1.807, 2.05) is 0 Å². The standard InChI is InChI=1S/C36H62N4O13/c1-15(2)23(33(46)47)37-31(44)27(19(9)10)52-36(50)26(18(7)8)39-30(43)22(14)51-34(48)24(16(3)4)40-32(45)28(20(11)12)53-35(49)25(17(5)6)38-29(42)21(13)41/h15-28,41H,1-14H3,(H,37,44)(H,38,42)(H,39,43)(H,40,45)(H,46,47)/t21-,22+,23-,24-,25-,26-,27+,28-/m0/s1. The quantitative estimate of drug-likeness (QED) is 0.0709. The van der Waals surface area contributed by atoms with Gasteiger partial charge in [0.25, 0.3) is 17.7 Å². The number of rotatable bonds is 21. The number of ether oxygens (including phenoxy) is 3. The van der Waals surface area contributed by atoms with Gasteiger partial charge in [-0.05, 0) is 49.4 Å². The lowest BCUT2D eigenvalue weighted by molar-refractivity contribution is -0.166. The molecule has 0 aliphatic carbocycles. The number of hydrogen-bond acceptors (Lipinski definition) is 12. The zero-order valence-corrected chi connectivity index (χ0v) is 33.5. The average Bonchev–Trinajstić information content (AvgIpc) is 3.02. The summed E-state index contributed by atoms with van der Waals surface area (Å²) in [7, 11) is 0. The second-order valence-electron chi connectivity index (χ2n) is 15.2. The third-order valence-corrected chi connectivity index (χ3v) is 8.14. The highest BCUT2D eigenvalue weighted by atomic mass is 16.6. The van der Waals surface area contributed by atoms with Gasteiger partial charge in [0, 0.05) is 0 Å². The zero-order chi connectivity index (χ0) is 41.7. The number of nitrogens with one attached hydrogen (secondary N) is 4. The molecule has 17 nitrogen and oxygen atoms in total. The molecule has 17 heteroatoms. The Balaban J connectivity index is 5.84. The smallest absolute Gasteiger partial charge is 0.329 e. The highest BCUT2D eigenvalue weighted by Gasteiger charge is 2.38. The Kier molecular flexibility index (Phi) is 20.3. The lowest BCUT2D eigenvalue weighted by Crippen LogP contribution is -2.55. The van der Waals surface area contributed by atoms with Crippen molar-refractivity contribution in [3.8, 4) is 0 Å². The predicted molar refractivity (Wildman–Crippen MR) is 191 cm³/mol. The van der Waals surface area contributed by atoms with Gasteiger partial charge in [0.2, 0.25) is 5.91 Å². The fourth-order valence-electron chi connectivity index (χ4n) is 4.70. The first-order chi connectivity index (χ1) is 24.2. The molecule has 304 valence electrons. The van der Waals surface area contributed by atoms with Crippen molar-refractivity contribution in [2.24, 2.45) is 35.5 Å². The van der Waals surface area contributed by atoms with Crippen LogP contribution in [0.25, 0.3) is 0 Å². The predicted octanol–water partition coefficient (Wildman–Crippen LogP) is 1.08. The maximum atomic E-state index is 13.4. The Labute approximate surface area is 312 Å². The van der Waals surface area contributed by atoms with Crippen molar-refractivity contribution in [3.63, 3.8) is 0 Å². The SMILES string of the molecule is CC(C)[C@H](NC(=O)[C@H](OC(=O)[C@@H](NC(=O)[C@@H](C)OC(=O)[C@@H](NC(=O)[C@@H](OC(=O)[C@@H](NC(=O)[C@H](C)O)C(C)C)C(C)C)C(C)C)C(C)C)C(C)C)C(=O)O. The number of carbonyl (C=O) groups is 8. The third kappa shape index (κ3) is 15.7. The number of aliphatic hydroxyl groups is 1. The minimum Gasteiger partial charge on any atom is -0.480 e. The number of carboxylic acid groups (broad SMARTS) is 1. The molecular weight excluding hydrogens is 696 g/mol. The summed E-state index contributed by atoms with van der Waals surface area (Å²) in [5.74, 6) is -10.6. The Hall–Kier alpha value is -4.28. The van der Waals surface area contributed by atoms with E-state index in [1.54, 1.807) is 83.1 Å². The second kappa shape index (κ2) is 22.1. The van der Waals surface area contributed by atoms with Crippen LogP contribution in [0, 0.1) is 35.5 Å². The van der Waals surface area contributed by atoms with Crippen LogP contribution in [0.2, 0.25) is 0 Å². The molecule has 0 bridgehead atoms. The maximum Gasteiger partial charge on any atom is 0.329 e. The highest BCUT2D eigenvalue weighted by molar-refractivity contribution is 5.93. The summed E-state index contributed by atoms with van der Waals surface area (Å²) in [5, 5.41) is 28.8. The summed E-state index contributed by atoms with van der Waals surface area (Å²) in [6.07, 6.45) is -5.62. The minimum atomic E-state index is -1.47. The van der Waals surface area contributed by atoms with Crippen LogP contribution in [0.5, 0.6) is 0 Å². The molecule has 6 N–H and O–H groups in total. The summed E-state index contributed by atoms with van der Waals surface area (Å²) in [6, 6.07) is -4.99. The molecule has 0 aromatic heterocycles. The first-order valence-corrected chi connectivity index (χ1v) is 18.0. The van der Waals surface area contributed by atoms with Gasteiger partial charge in [-0.25, -0.2) is 19.2 Å². The van der Waals surface area contributed by atoms with Crippen LogP contribution in [0.1, 0.15) is 96.9 Å². The topological polar surface area (TPSA) is 253 Å². The molecule has 0 radical (unpaired) electrons. The van der Waals surface area contributed by atoms with Crippen LogP contribution < -0.4 is 21.3 Å². The Morgan fingerprint density at radius 3 is 0.962 bits per heavy atom. The number of aliphatic hydroxyl groups excluding tert-OH is 1. The van der Waals surface area contributed by atoms with Gasteiger partial charge in [0.1, 0.15) is 30.3 Å². The molecule has 0 aliphatic heterocycles. The van der Waals surface area contributed by atoms with Crippen molar-refractivity contribution in [2.45, 2.75) is 146 Å². The van der Waals surface area contributed by atoms with E-state index in [4.69, 9.17) is 14.2 Å². The molecule has 8 atom stereocenters. The normalized spacial score (nSPS) is 16.2. The summed E-state index contributed by atoms with van der Waals surface area (Å²) < 4.78 is 16.3. The molecule has 0 aliphatic rings. The van der Waals surface area contributed by atoms with Gasteiger partial charge in [-0.15, -0.1) is 0 Å². The molecule has 0 unspecified atom stereocenters. The first kappa shape index (κ1) is 48.7. The summed E-state index contributed by atoms with van der Waals surface area (Å²) in [6.45, 7) is 21.8. The Morgan fingerprint density at radius 1 is 0.396 bits per heavy atom. The molecule has 0 spiro atoms. The van der Waals surface area contributed by atoms with E-state index in [-0.39, 0.29) is 0 Å². The fourth-order valence-corrected chi connectivity index (χ4v) is 4.70. The van der Waals surface area contributed by atoms with Crippen molar-refractivity contribution in [1.82, 2.24) is 21.3 Å². The molecule has 0 saturated carbocycles. The Morgan fingerprint density at radius 2 is 0.679 bits per heavy atom. The van der Waals surface area contributed by atoms with Crippen LogP contribution in [-0.2, 0) is 52.6 Å². The van der Waals surface area contributed by atoms with Crippen molar-refractivity contribution >= 4 is 47.5 Å². The van der Waals surface area contributed by atoms with Gasteiger partial charge < -0.3 is 45.7 Å². The van der Waals surface area contributed by atoms with Gasteiger partial charge in [-0.1, -0.05) is 83.1 Å². The molecule has 0 aromatic carbocycles. The zero-order valence-electron chi connectivity index (χ0n) is 33.5. The van der Waals surface area contributed by atoms with Crippen LogP contribution in [-0.4, -0.2) is 106 Å². The van der Waals surface area contributed by atoms with Crippen molar-refractivity contribution in [2.75, 3.05) is 0 Å². The molecule has 4 amide bonds. The highest BCUT2D eigenvalue weighted by Crippen LogP contribution is 2.16. The summed E-state index contributed by atoms with van der Waals surface area (Å²) in [5.41, 5.74) is 0. The number of aliphatic carboxylic acids is 1. The van der Waals surface area contributed by atoms with Gasteiger partial charge >= 0.3 is 23.9 Å². The summed E-state index contributed by atoms with van der Waals surface area (Å²) in [4.78, 5) is 103. The number of hydrogen-bond donors (Lipinski definition) is 6.